The van der Waals surface area contributed by atoms with Crippen molar-refractivity contribution >= 4 is 23.1 Å². The van der Waals surface area contributed by atoms with Gasteiger partial charge in [-0.3, -0.25) is 9.59 Å². The summed E-state index contributed by atoms with van der Waals surface area (Å²) in [7, 11) is 2.09. The molecule has 2 amide bonds. The van der Waals surface area contributed by atoms with Gasteiger partial charge in [0.05, 0.1) is 11.3 Å². The third kappa shape index (κ3) is 2.45. The molecule has 2 heterocycles. The molecule has 1 aromatic rings. The summed E-state index contributed by atoms with van der Waals surface area (Å²) in [4.78, 5) is 28.0. The molecule has 2 aliphatic heterocycles. The second kappa shape index (κ2) is 5.33. The first kappa shape index (κ1) is 13.8. The number of piperidine rings is 1. The van der Waals surface area contributed by atoms with Crippen molar-refractivity contribution < 1.29 is 9.59 Å². The number of para-hydroxylation sites is 1. The third-order valence-electron chi connectivity index (χ3n) is 4.24. The molecule has 0 bridgehead atoms. The van der Waals surface area contributed by atoms with Gasteiger partial charge in [-0.15, -0.1) is 0 Å². The summed E-state index contributed by atoms with van der Waals surface area (Å²) in [5.74, 6) is -0.692. The van der Waals surface area contributed by atoms with Crippen LogP contribution in [0.4, 0.5) is 5.69 Å². The molecule has 1 aromatic carbocycles. The van der Waals surface area contributed by atoms with Crippen molar-refractivity contribution in [1.82, 2.24) is 4.90 Å². The van der Waals surface area contributed by atoms with Crippen LogP contribution in [0.1, 0.15) is 18.4 Å². The minimum absolute atomic E-state index is 0.107. The number of anilines is 1. The van der Waals surface area contributed by atoms with Crippen LogP contribution in [0.2, 0.25) is 0 Å². The molecule has 0 unspecified atom stereocenters. The Bertz CT molecular complexity index is 616. The third-order valence-corrected chi connectivity index (χ3v) is 4.24. The van der Waals surface area contributed by atoms with Gasteiger partial charge in [0.25, 0.3) is 5.91 Å². The maximum Gasteiger partial charge on any atom is 0.259 e. The fourth-order valence-electron chi connectivity index (χ4n) is 3.16. The van der Waals surface area contributed by atoms with E-state index in [2.05, 4.69) is 11.9 Å². The smallest absolute Gasteiger partial charge is 0.259 e. The molecule has 0 spiro atoms. The Balaban J connectivity index is 1.99. The van der Waals surface area contributed by atoms with E-state index in [1.165, 1.54) is 6.08 Å². The summed E-state index contributed by atoms with van der Waals surface area (Å²) >= 11 is 0. The van der Waals surface area contributed by atoms with Crippen LogP contribution < -0.4 is 10.6 Å². The minimum atomic E-state index is -0.585. The predicted octanol–water partition coefficient (Wildman–Crippen LogP) is 0.996. The number of primary amides is 1. The van der Waals surface area contributed by atoms with Gasteiger partial charge >= 0.3 is 0 Å². The Labute approximate surface area is 124 Å². The van der Waals surface area contributed by atoms with Gasteiger partial charge in [-0.05, 0) is 39.0 Å². The van der Waals surface area contributed by atoms with Crippen molar-refractivity contribution in [3.8, 4) is 0 Å². The lowest BCUT2D eigenvalue weighted by Gasteiger charge is -2.35. The Morgan fingerprint density at radius 3 is 2.62 bits per heavy atom. The quantitative estimate of drug-likeness (QED) is 0.824. The predicted molar refractivity (Wildman–Crippen MR) is 81.6 cm³/mol. The summed E-state index contributed by atoms with van der Waals surface area (Å²) in [5, 5.41) is 0. The first-order valence-electron chi connectivity index (χ1n) is 7.20. The van der Waals surface area contributed by atoms with E-state index in [1.54, 1.807) is 0 Å². The molecule has 0 aliphatic carbocycles. The monoisotopic (exact) mass is 285 g/mol. The van der Waals surface area contributed by atoms with Crippen molar-refractivity contribution in [2.45, 2.75) is 18.9 Å². The normalized spacial score (nSPS) is 21.9. The number of carbonyl (C=O) groups excluding carboxylic acids is 2. The standard InChI is InChI=1S/C16H19N3O2/c1-18-8-6-11(7-9-18)19-14-5-3-2-4-12(14)13(16(19)21)10-15(17)20/h2-5,10-11H,6-9H2,1H3,(H2,17,20)/b13-10-. The van der Waals surface area contributed by atoms with Crippen LogP contribution in [-0.2, 0) is 9.59 Å². The molecule has 110 valence electrons. The molecule has 0 atom stereocenters. The van der Waals surface area contributed by atoms with Gasteiger partial charge in [-0.25, -0.2) is 0 Å². The molecule has 0 saturated carbocycles. The van der Waals surface area contributed by atoms with Gasteiger partial charge < -0.3 is 15.5 Å². The largest absolute Gasteiger partial charge is 0.366 e. The zero-order valence-corrected chi connectivity index (χ0v) is 12.1. The van der Waals surface area contributed by atoms with Crippen molar-refractivity contribution in [1.29, 1.82) is 0 Å². The molecule has 21 heavy (non-hydrogen) atoms. The lowest BCUT2D eigenvalue weighted by Crippen LogP contribution is -2.45. The second-order valence-corrected chi connectivity index (χ2v) is 5.69. The molecule has 0 radical (unpaired) electrons. The van der Waals surface area contributed by atoms with Gasteiger partial charge in [0.15, 0.2) is 0 Å². The van der Waals surface area contributed by atoms with Crippen LogP contribution in [0.25, 0.3) is 5.57 Å². The van der Waals surface area contributed by atoms with Crippen molar-refractivity contribution in [3.63, 3.8) is 0 Å². The topological polar surface area (TPSA) is 66.6 Å². The first-order chi connectivity index (χ1) is 10.1. The molecular weight excluding hydrogens is 266 g/mol. The lowest BCUT2D eigenvalue weighted by molar-refractivity contribution is -0.115. The molecular formula is C16H19N3O2. The van der Waals surface area contributed by atoms with Crippen LogP contribution in [0.15, 0.2) is 30.3 Å². The van der Waals surface area contributed by atoms with Gasteiger partial charge in [0.1, 0.15) is 0 Å². The van der Waals surface area contributed by atoms with Crippen LogP contribution in [-0.4, -0.2) is 42.9 Å². The van der Waals surface area contributed by atoms with Crippen LogP contribution in [0.5, 0.6) is 0 Å². The molecule has 5 nitrogen and oxygen atoms in total. The van der Waals surface area contributed by atoms with E-state index in [0.29, 0.717) is 5.57 Å². The fraction of sp³-hybridized carbons (Fsp3) is 0.375. The number of benzene rings is 1. The average Bonchev–Trinajstić information content (AvgIpc) is 2.73. The molecule has 5 heteroatoms. The van der Waals surface area contributed by atoms with Crippen molar-refractivity contribution in [2.75, 3.05) is 25.0 Å². The number of hydrogen-bond donors (Lipinski definition) is 1. The van der Waals surface area contributed by atoms with E-state index in [-0.39, 0.29) is 11.9 Å². The Morgan fingerprint density at radius 2 is 1.95 bits per heavy atom. The SMILES string of the molecule is CN1CCC(N2C(=O)/C(=C\C(N)=O)c3ccccc32)CC1. The van der Waals surface area contributed by atoms with Gasteiger partial charge in [0.2, 0.25) is 5.91 Å². The zero-order chi connectivity index (χ0) is 15.0. The number of fused-ring (bicyclic) bond motifs is 1. The lowest BCUT2D eigenvalue weighted by atomic mass is 10.0. The Morgan fingerprint density at radius 1 is 1.29 bits per heavy atom. The number of carbonyl (C=O) groups is 2. The van der Waals surface area contributed by atoms with E-state index in [4.69, 9.17) is 5.73 Å². The number of nitrogens with zero attached hydrogens (tertiary/aromatic N) is 2. The maximum atomic E-state index is 12.7. The number of rotatable bonds is 2. The molecule has 2 aliphatic rings. The summed E-state index contributed by atoms with van der Waals surface area (Å²) in [6, 6.07) is 7.79. The summed E-state index contributed by atoms with van der Waals surface area (Å²) in [6.07, 6.45) is 3.14. The van der Waals surface area contributed by atoms with Gasteiger partial charge in [0, 0.05) is 17.7 Å². The number of amides is 2. The highest BCUT2D eigenvalue weighted by Crippen LogP contribution is 2.39. The Hall–Kier alpha value is -2.14. The van der Waals surface area contributed by atoms with E-state index in [1.807, 2.05) is 29.2 Å². The van der Waals surface area contributed by atoms with Crippen LogP contribution >= 0.6 is 0 Å². The number of hydrogen-bond acceptors (Lipinski definition) is 3. The summed E-state index contributed by atoms with van der Waals surface area (Å²) in [5.41, 5.74) is 7.35. The fourth-order valence-corrected chi connectivity index (χ4v) is 3.16. The van der Waals surface area contributed by atoms with Crippen LogP contribution in [0.3, 0.4) is 0 Å². The molecule has 3 rings (SSSR count). The highest BCUT2D eigenvalue weighted by Gasteiger charge is 2.37. The van der Waals surface area contributed by atoms with Gasteiger partial charge in [-0.1, -0.05) is 18.2 Å². The zero-order valence-electron chi connectivity index (χ0n) is 12.1. The van der Waals surface area contributed by atoms with Crippen molar-refractivity contribution in [3.05, 3.63) is 35.9 Å². The maximum absolute atomic E-state index is 12.7. The highest BCUT2D eigenvalue weighted by atomic mass is 16.2. The van der Waals surface area contributed by atoms with Crippen molar-refractivity contribution in [2.24, 2.45) is 5.73 Å². The first-order valence-corrected chi connectivity index (χ1v) is 7.20. The molecule has 1 fully saturated rings. The van der Waals surface area contributed by atoms with Crippen LogP contribution in [0, 0.1) is 0 Å². The summed E-state index contributed by atoms with van der Waals surface area (Å²) < 4.78 is 0. The molecule has 0 aromatic heterocycles. The number of likely N-dealkylation sites (tertiary alicyclic amines) is 1. The molecule has 2 N–H and O–H groups in total. The second-order valence-electron chi connectivity index (χ2n) is 5.69. The van der Waals surface area contributed by atoms with E-state index in [9.17, 15) is 9.59 Å². The minimum Gasteiger partial charge on any atom is -0.366 e. The van der Waals surface area contributed by atoms with Gasteiger partial charge in [-0.2, -0.15) is 0 Å². The van der Waals surface area contributed by atoms with E-state index in [0.717, 1.165) is 37.2 Å². The highest BCUT2D eigenvalue weighted by molar-refractivity contribution is 6.35. The number of nitrogens with two attached hydrogens (primary N) is 1. The Kier molecular flexibility index (Phi) is 3.51. The average molecular weight is 285 g/mol. The molecule has 1 saturated heterocycles. The summed E-state index contributed by atoms with van der Waals surface area (Å²) in [6.45, 7) is 1.96. The van der Waals surface area contributed by atoms with E-state index < -0.39 is 5.91 Å². The van der Waals surface area contributed by atoms with E-state index >= 15 is 0 Å².